The first kappa shape index (κ1) is 35.6. The summed E-state index contributed by atoms with van der Waals surface area (Å²) in [5, 5.41) is 12.5. The summed E-state index contributed by atoms with van der Waals surface area (Å²) in [5.41, 5.74) is 4.98. The van der Waals surface area contributed by atoms with Crippen molar-refractivity contribution in [1.29, 1.82) is 0 Å². The molecule has 0 aliphatic carbocycles. The third-order valence-electron chi connectivity index (χ3n) is 10.9. The zero-order valence-corrected chi connectivity index (χ0v) is 30.9. The Hall–Kier alpha value is -5.40. The van der Waals surface area contributed by atoms with Crippen molar-refractivity contribution >= 4 is 63.8 Å². The van der Waals surface area contributed by atoms with E-state index in [0.717, 1.165) is 74.9 Å². The minimum atomic E-state index is -0.389. The molecule has 4 N–H and O–H groups in total. The van der Waals surface area contributed by atoms with Crippen LogP contribution in [0, 0.1) is 5.41 Å². The number of halogens is 1. The Labute approximate surface area is 319 Å². The maximum atomic E-state index is 13.2. The second-order valence-electron chi connectivity index (χ2n) is 14.8. The maximum absolute atomic E-state index is 13.2. The van der Waals surface area contributed by atoms with E-state index >= 15 is 0 Å². The van der Waals surface area contributed by atoms with Crippen LogP contribution in [0.1, 0.15) is 37.2 Å². The molecule has 0 radical (unpaired) electrons. The third kappa shape index (κ3) is 7.78. The largest absolute Gasteiger partial charge is 0.494 e. The highest BCUT2D eigenvalue weighted by molar-refractivity contribution is 6.32. The number of aromatic nitrogens is 2. The number of benzene rings is 3. The molecule has 54 heavy (non-hydrogen) atoms. The fourth-order valence-corrected chi connectivity index (χ4v) is 8.10. The minimum absolute atomic E-state index is 0.144. The molecule has 3 amide bonds. The zero-order valence-electron chi connectivity index (χ0n) is 30.2. The number of carbonyl (C=O) groups is 3. The second kappa shape index (κ2) is 15.2. The van der Waals surface area contributed by atoms with Gasteiger partial charge in [0.05, 0.1) is 25.5 Å². The van der Waals surface area contributed by atoms with Crippen molar-refractivity contribution in [2.24, 2.45) is 5.41 Å². The van der Waals surface area contributed by atoms with Gasteiger partial charge in [0, 0.05) is 61.1 Å². The summed E-state index contributed by atoms with van der Waals surface area (Å²) in [5.74, 6) is 1.75. The van der Waals surface area contributed by atoms with Gasteiger partial charge in [-0.15, -0.1) is 0 Å². The van der Waals surface area contributed by atoms with Gasteiger partial charge in [0.15, 0.2) is 5.82 Å². The van der Waals surface area contributed by atoms with E-state index in [0.29, 0.717) is 47.8 Å². The maximum Gasteiger partial charge on any atom is 0.249 e. The number of methoxy groups -OCH3 is 1. The van der Waals surface area contributed by atoms with E-state index in [2.05, 4.69) is 59.2 Å². The van der Waals surface area contributed by atoms with Gasteiger partial charge in [-0.1, -0.05) is 41.9 Å². The Bertz CT molecular complexity index is 2010. The van der Waals surface area contributed by atoms with Crippen LogP contribution in [0.25, 0.3) is 0 Å². The number of carbonyl (C=O) groups excluding carboxylic acids is 3. The number of amides is 3. The SMILES string of the molecule is COc1cc(N2CC3(CN(C(=O)CN4CCC(c5ccc(NC6CCC(=O)NC6=O)cc5)CC4)C3)C2)ccc1Nc1ncc(Cl)c(Nc2ccccc2)n1. The first-order valence-electron chi connectivity index (χ1n) is 18.5. The molecular weight excluding hydrogens is 706 g/mol. The lowest BCUT2D eigenvalue weighted by Gasteiger charge is -2.61. The number of hydrogen-bond acceptors (Lipinski definition) is 11. The molecule has 14 heteroatoms. The normalized spacial score (nSPS) is 19.8. The number of para-hydroxylation sites is 1. The van der Waals surface area contributed by atoms with E-state index in [1.54, 1.807) is 13.3 Å². The quantitative estimate of drug-likeness (QED) is 0.147. The van der Waals surface area contributed by atoms with Crippen molar-refractivity contribution in [1.82, 2.24) is 25.1 Å². The fourth-order valence-electron chi connectivity index (χ4n) is 7.96. The lowest BCUT2D eigenvalue weighted by atomic mass is 9.72. The van der Waals surface area contributed by atoms with Gasteiger partial charge in [0.25, 0.3) is 0 Å². The van der Waals surface area contributed by atoms with Crippen molar-refractivity contribution in [2.45, 2.75) is 37.6 Å². The van der Waals surface area contributed by atoms with E-state index < -0.39 is 0 Å². The van der Waals surface area contributed by atoms with Gasteiger partial charge in [-0.3, -0.25) is 24.6 Å². The smallest absolute Gasteiger partial charge is 0.249 e. The van der Waals surface area contributed by atoms with Gasteiger partial charge >= 0.3 is 0 Å². The summed E-state index contributed by atoms with van der Waals surface area (Å²) >= 11 is 6.36. The predicted molar refractivity (Wildman–Crippen MR) is 209 cm³/mol. The third-order valence-corrected chi connectivity index (χ3v) is 11.2. The number of piperidine rings is 2. The average molecular weight is 750 g/mol. The molecule has 1 aromatic heterocycles. The van der Waals surface area contributed by atoms with E-state index in [-0.39, 0.29) is 29.2 Å². The number of hydrogen-bond donors (Lipinski definition) is 4. The predicted octanol–water partition coefficient (Wildman–Crippen LogP) is 5.37. The molecule has 4 aromatic rings. The van der Waals surface area contributed by atoms with Crippen molar-refractivity contribution < 1.29 is 19.1 Å². The van der Waals surface area contributed by atoms with Crippen LogP contribution in [0.15, 0.2) is 79.0 Å². The van der Waals surface area contributed by atoms with Crippen LogP contribution in [0.5, 0.6) is 5.75 Å². The Morgan fingerprint density at radius 1 is 0.944 bits per heavy atom. The Kier molecular flexibility index (Phi) is 9.99. The number of nitrogens with zero attached hydrogens (tertiary/aromatic N) is 5. The van der Waals surface area contributed by atoms with Crippen LogP contribution in [-0.4, -0.2) is 96.5 Å². The van der Waals surface area contributed by atoms with E-state index in [1.807, 2.05) is 59.5 Å². The fraction of sp³-hybridized carbons (Fsp3) is 0.375. The molecule has 0 bridgehead atoms. The van der Waals surface area contributed by atoms with Gasteiger partial charge in [-0.2, -0.15) is 4.98 Å². The molecule has 5 heterocycles. The molecule has 4 saturated heterocycles. The lowest BCUT2D eigenvalue weighted by molar-refractivity contribution is -0.146. The van der Waals surface area contributed by atoms with E-state index in [4.69, 9.17) is 16.3 Å². The van der Waals surface area contributed by atoms with Crippen molar-refractivity contribution in [3.05, 3.63) is 89.6 Å². The van der Waals surface area contributed by atoms with Crippen molar-refractivity contribution in [3.8, 4) is 5.75 Å². The molecular formula is C40H44ClN9O4. The second-order valence-corrected chi connectivity index (χ2v) is 15.2. The molecule has 3 aromatic carbocycles. The molecule has 1 atom stereocenters. The van der Waals surface area contributed by atoms with Gasteiger partial charge in [-0.05, 0) is 80.2 Å². The molecule has 1 unspecified atom stereocenters. The average Bonchev–Trinajstić information content (AvgIpc) is 3.14. The molecule has 280 valence electrons. The first-order valence-corrected chi connectivity index (χ1v) is 18.9. The topological polar surface area (TPSA) is 144 Å². The Morgan fingerprint density at radius 2 is 1.70 bits per heavy atom. The van der Waals surface area contributed by atoms with Crippen molar-refractivity contribution in [3.63, 3.8) is 0 Å². The lowest BCUT2D eigenvalue weighted by Crippen LogP contribution is -2.73. The van der Waals surface area contributed by atoms with Crippen LogP contribution < -0.4 is 30.9 Å². The summed E-state index contributed by atoms with van der Waals surface area (Å²) in [6.07, 6.45) is 4.42. The van der Waals surface area contributed by atoms with Crippen LogP contribution >= 0.6 is 11.6 Å². The summed E-state index contributed by atoms with van der Waals surface area (Å²) in [6, 6.07) is 23.6. The standard InChI is InChI=1S/C40H44ClN9O4/c1-54-34-19-30(11-12-32(34)45-39-42-20-31(41)37(47-39)44-28-5-3-2-4-6-28)49-22-40(23-49)24-50(25-40)36(52)21-48-17-15-27(16-18-48)26-7-9-29(10-8-26)43-33-13-14-35(51)46-38(33)53/h2-12,19-20,27,33,43H,13-18,21-25H2,1H3,(H,46,51,53)(H2,42,44,45,47). The zero-order chi connectivity index (χ0) is 37.2. The minimum Gasteiger partial charge on any atom is -0.494 e. The number of anilines is 6. The molecule has 1 spiro atoms. The highest BCUT2D eigenvalue weighted by Crippen LogP contribution is 2.44. The van der Waals surface area contributed by atoms with Gasteiger partial charge in [0.1, 0.15) is 16.8 Å². The molecule has 0 saturated carbocycles. The van der Waals surface area contributed by atoms with E-state index in [9.17, 15) is 14.4 Å². The van der Waals surface area contributed by atoms with Crippen LogP contribution in [0.4, 0.5) is 34.5 Å². The molecule has 8 rings (SSSR count). The molecule has 4 aliphatic heterocycles. The Balaban J connectivity index is 0.776. The van der Waals surface area contributed by atoms with Gasteiger partial charge in [-0.25, -0.2) is 4.98 Å². The first-order chi connectivity index (χ1) is 26.2. The summed E-state index contributed by atoms with van der Waals surface area (Å²) in [6.45, 7) is 5.63. The van der Waals surface area contributed by atoms with Crippen LogP contribution in [-0.2, 0) is 14.4 Å². The summed E-state index contributed by atoms with van der Waals surface area (Å²) < 4.78 is 5.74. The Morgan fingerprint density at radius 3 is 2.43 bits per heavy atom. The number of likely N-dealkylation sites (tertiary alicyclic amines) is 2. The van der Waals surface area contributed by atoms with Crippen LogP contribution in [0.2, 0.25) is 5.02 Å². The van der Waals surface area contributed by atoms with Crippen LogP contribution in [0.3, 0.4) is 0 Å². The number of imide groups is 1. The van der Waals surface area contributed by atoms with E-state index in [1.165, 1.54) is 5.56 Å². The summed E-state index contributed by atoms with van der Waals surface area (Å²) in [4.78, 5) is 52.3. The van der Waals surface area contributed by atoms with Crippen molar-refractivity contribution in [2.75, 3.05) is 73.8 Å². The molecule has 4 aliphatic rings. The van der Waals surface area contributed by atoms with Gasteiger partial charge in [0.2, 0.25) is 23.7 Å². The molecule has 13 nitrogen and oxygen atoms in total. The molecule has 4 fully saturated rings. The number of rotatable bonds is 11. The highest BCUT2D eigenvalue weighted by atomic mass is 35.5. The summed E-state index contributed by atoms with van der Waals surface area (Å²) in [7, 11) is 1.65. The number of nitrogens with one attached hydrogen (secondary N) is 4. The number of ether oxygens (including phenoxy) is 1. The monoisotopic (exact) mass is 749 g/mol. The van der Waals surface area contributed by atoms with Gasteiger partial charge < -0.3 is 30.5 Å². The highest BCUT2D eigenvalue weighted by Gasteiger charge is 2.53.